The Bertz CT molecular complexity index is 836. The molecule has 0 N–H and O–H groups in total. The molecule has 6 heteroatoms. The van der Waals surface area contributed by atoms with Crippen LogP contribution in [0.15, 0.2) is 41.8 Å². The highest BCUT2D eigenvalue weighted by Crippen LogP contribution is 2.32. The number of carbonyl (C=O) groups is 2. The van der Waals surface area contributed by atoms with Gasteiger partial charge >= 0.3 is 0 Å². The van der Waals surface area contributed by atoms with Crippen molar-refractivity contribution in [1.82, 2.24) is 9.80 Å². The van der Waals surface area contributed by atoms with E-state index in [4.69, 9.17) is 4.74 Å². The van der Waals surface area contributed by atoms with Gasteiger partial charge < -0.3 is 14.5 Å². The Hall–Kier alpha value is -2.34. The second-order valence-corrected chi connectivity index (χ2v) is 8.48. The van der Waals surface area contributed by atoms with Gasteiger partial charge in [0.25, 0.3) is 5.91 Å². The summed E-state index contributed by atoms with van der Waals surface area (Å²) in [5.41, 5.74) is 1.13. The summed E-state index contributed by atoms with van der Waals surface area (Å²) < 4.78 is 5.45. The number of hydrogen-bond donors (Lipinski definition) is 0. The van der Waals surface area contributed by atoms with E-state index >= 15 is 0 Å². The Morgan fingerprint density at radius 3 is 2.86 bits per heavy atom. The minimum atomic E-state index is 0.130. The zero-order valence-electron chi connectivity index (χ0n) is 16.2. The first kappa shape index (κ1) is 19.0. The highest BCUT2D eigenvalue weighted by atomic mass is 32.1. The molecule has 1 aromatic carbocycles. The minimum Gasteiger partial charge on any atom is -0.496 e. The van der Waals surface area contributed by atoms with Crippen LogP contribution in [0.3, 0.4) is 0 Å². The summed E-state index contributed by atoms with van der Waals surface area (Å²) >= 11 is 1.50. The molecular weight excluding hydrogens is 372 g/mol. The van der Waals surface area contributed by atoms with Crippen molar-refractivity contribution in [3.05, 3.63) is 52.2 Å². The summed E-state index contributed by atoms with van der Waals surface area (Å²) in [6.45, 7) is 2.18. The van der Waals surface area contributed by atoms with E-state index in [0.717, 1.165) is 48.5 Å². The predicted octanol–water partition coefficient (Wildman–Crippen LogP) is 3.45. The number of nitrogens with zero attached hydrogens (tertiary/aromatic N) is 2. The van der Waals surface area contributed by atoms with E-state index in [2.05, 4.69) is 11.0 Å². The fraction of sp³-hybridized carbons (Fsp3) is 0.455. The third kappa shape index (κ3) is 3.78. The Morgan fingerprint density at radius 1 is 1.21 bits per heavy atom. The quantitative estimate of drug-likeness (QED) is 0.775. The monoisotopic (exact) mass is 398 g/mol. The average Bonchev–Trinajstić information content (AvgIpc) is 3.27. The van der Waals surface area contributed by atoms with Crippen LogP contribution in [-0.2, 0) is 11.2 Å². The lowest BCUT2D eigenvalue weighted by atomic mass is 9.83. The van der Waals surface area contributed by atoms with E-state index in [1.165, 1.54) is 11.3 Å². The Morgan fingerprint density at radius 2 is 2.07 bits per heavy atom. The number of amides is 2. The molecule has 2 fully saturated rings. The van der Waals surface area contributed by atoms with Crippen molar-refractivity contribution in [3.63, 3.8) is 0 Å². The van der Waals surface area contributed by atoms with Crippen LogP contribution in [0, 0.1) is 5.92 Å². The summed E-state index contributed by atoms with van der Waals surface area (Å²) in [5, 5.41) is 1.94. The zero-order valence-corrected chi connectivity index (χ0v) is 17.0. The second kappa shape index (κ2) is 8.35. The molecule has 3 heterocycles. The molecule has 2 amide bonds. The molecule has 2 aromatic rings. The largest absolute Gasteiger partial charge is 0.496 e. The van der Waals surface area contributed by atoms with Crippen LogP contribution in [0.5, 0.6) is 5.75 Å². The van der Waals surface area contributed by atoms with Crippen LogP contribution in [0.2, 0.25) is 0 Å². The molecule has 1 aromatic heterocycles. The summed E-state index contributed by atoms with van der Waals surface area (Å²) in [6.07, 6.45) is 3.10. The normalized spacial score (nSPS) is 22.1. The first-order valence-corrected chi connectivity index (χ1v) is 10.8. The van der Waals surface area contributed by atoms with Crippen LogP contribution < -0.4 is 4.74 Å². The van der Waals surface area contributed by atoms with Gasteiger partial charge in [0.05, 0.1) is 12.0 Å². The van der Waals surface area contributed by atoms with Gasteiger partial charge in [-0.3, -0.25) is 9.59 Å². The van der Waals surface area contributed by atoms with Crippen molar-refractivity contribution in [1.29, 1.82) is 0 Å². The van der Waals surface area contributed by atoms with Crippen LogP contribution in [0.4, 0.5) is 0 Å². The van der Waals surface area contributed by atoms with Gasteiger partial charge in [0.2, 0.25) is 5.91 Å². The highest BCUT2D eigenvalue weighted by Gasteiger charge is 2.40. The fourth-order valence-electron chi connectivity index (χ4n) is 4.53. The maximum atomic E-state index is 12.7. The van der Waals surface area contributed by atoms with Crippen molar-refractivity contribution in [2.45, 2.75) is 31.7 Å². The summed E-state index contributed by atoms with van der Waals surface area (Å²) in [4.78, 5) is 30.2. The lowest BCUT2D eigenvalue weighted by Gasteiger charge is -2.47. The molecule has 0 saturated carbocycles. The van der Waals surface area contributed by atoms with Crippen LogP contribution >= 0.6 is 11.3 Å². The number of methoxy groups -OCH3 is 1. The molecule has 4 rings (SSSR count). The van der Waals surface area contributed by atoms with Crippen LogP contribution in [0.1, 0.15) is 34.5 Å². The molecule has 0 bridgehead atoms. The Kier molecular flexibility index (Phi) is 5.67. The molecule has 28 heavy (non-hydrogen) atoms. The molecule has 0 spiro atoms. The van der Waals surface area contributed by atoms with E-state index < -0.39 is 0 Å². The number of rotatable bonds is 5. The number of ether oxygens (including phenoxy) is 1. The van der Waals surface area contributed by atoms with E-state index in [-0.39, 0.29) is 17.9 Å². The number of hydrogen-bond acceptors (Lipinski definition) is 4. The third-order valence-corrected chi connectivity index (χ3v) is 6.84. The molecular formula is C22H26N2O3S. The molecule has 0 unspecified atom stereocenters. The van der Waals surface area contributed by atoms with E-state index in [1.54, 1.807) is 7.11 Å². The molecule has 2 aliphatic heterocycles. The summed E-state index contributed by atoms with van der Waals surface area (Å²) in [5.74, 6) is 1.62. The Labute approximate surface area is 169 Å². The molecule has 148 valence electrons. The van der Waals surface area contributed by atoms with Gasteiger partial charge in [-0.25, -0.2) is 0 Å². The van der Waals surface area contributed by atoms with Gasteiger partial charge in [0.15, 0.2) is 0 Å². The van der Waals surface area contributed by atoms with Gasteiger partial charge in [0, 0.05) is 32.1 Å². The number of fused-ring (bicyclic) bond motifs is 1. The van der Waals surface area contributed by atoms with E-state index in [1.807, 2.05) is 40.6 Å². The predicted molar refractivity (Wildman–Crippen MR) is 110 cm³/mol. The van der Waals surface area contributed by atoms with Crippen molar-refractivity contribution >= 4 is 23.2 Å². The van der Waals surface area contributed by atoms with Gasteiger partial charge in [-0.15, -0.1) is 11.3 Å². The van der Waals surface area contributed by atoms with Gasteiger partial charge in [-0.1, -0.05) is 24.3 Å². The number of benzene rings is 1. The number of likely N-dealkylation sites (tertiary alicyclic amines) is 2. The first-order chi connectivity index (χ1) is 13.7. The van der Waals surface area contributed by atoms with Gasteiger partial charge in [0.1, 0.15) is 5.75 Å². The number of carbonyl (C=O) groups excluding carboxylic acids is 2. The number of piperidine rings is 2. The van der Waals surface area contributed by atoms with E-state index in [9.17, 15) is 9.59 Å². The van der Waals surface area contributed by atoms with Crippen molar-refractivity contribution in [3.8, 4) is 5.75 Å². The standard InChI is InChI=1S/C22H26N2O3S/c1-27-19-6-3-2-5-16(19)10-13-24-18-11-12-23(15-17(18)8-9-21(24)25)22(26)20-7-4-14-28-20/h2-7,14,17-18H,8-13,15H2,1H3/t17-,18+/m1/s1. The van der Waals surface area contributed by atoms with Crippen molar-refractivity contribution < 1.29 is 14.3 Å². The molecule has 0 aliphatic carbocycles. The topological polar surface area (TPSA) is 49.9 Å². The lowest BCUT2D eigenvalue weighted by Crippen LogP contribution is -2.57. The molecule has 0 radical (unpaired) electrons. The summed E-state index contributed by atoms with van der Waals surface area (Å²) in [6, 6.07) is 12.0. The van der Waals surface area contributed by atoms with Gasteiger partial charge in [-0.2, -0.15) is 0 Å². The second-order valence-electron chi connectivity index (χ2n) is 7.53. The highest BCUT2D eigenvalue weighted by molar-refractivity contribution is 7.12. The molecule has 2 aliphatic rings. The smallest absolute Gasteiger partial charge is 0.263 e. The Balaban J connectivity index is 1.42. The molecule has 5 nitrogen and oxygen atoms in total. The SMILES string of the molecule is COc1ccccc1CCN1C(=O)CC[C@@H]2CN(C(=O)c3cccs3)CC[C@@H]21. The minimum absolute atomic E-state index is 0.130. The van der Waals surface area contributed by atoms with Crippen LogP contribution in [0.25, 0.3) is 0 Å². The number of para-hydroxylation sites is 1. The summed E-state index contributed by atoms with van der Waals surface area (Å²) in [7, 11) is 1.68. The zero-order chi connectivity index (χ0) is 19.5. The lowest BCUT2D eigenvalue weighted by molar-refractivity contribution is -0.140. The average molecular weight is 399 g/mol. The maximum absolute atomic E-state index is 12.7. The fourth-order valence-corrected chi connectivity index (χ4v) is 5.22. The first-order valence-electron chi connectivity index (χ1n) is 9.91. The molecule has 2 saturated heterocycles. The van der Waals surface area contributed by atoms with E-state index in [0.29, 0.717) is 18.9 Å². The van der Waals surface area contributed by atoms with Gasteiger partial charge in [-0.05, 0) is 48.3 Å². The number of thiophene rings is 1. The van der Waals surface area contributed by atoms with Crippen molar-refractivity contribution in [2.24, 2.45) is 5.92 Å². The van der Waals surface area contributed by atoms with Crippen LogP contribution in [-0.4, -0.2) is 54.4 Å². The molecule has 2 atom stereocenters. The maximum Gasteiger partial charge on any atom is 0.263 e. The van der Waals surface area contributed by atoms with Crippen molar-refractivity contribution in [2.75, 3.05) is 26.7 Å². The third-order valence-electron chi connectivity index (χ3n) is 5.98.